The maximum atomic E-state index is 13.2. The van der Waals surface area contributed by atoms with Gasteiger partial charge in [-0.05, 0) is 44.9 Å². The van der Waals surface area contributed by atoms with Gasteiger partial charge in [0.25, 0.3) is 11.5 Å². The molecule has 188 valence electrons. The first-order chi connectivity index (χ1) is 17.3. The summed E-state index contributed by atoms with van der Waals surface area (Å²) in [6.45, 7) is 12.1. The highest BCUT2D eigenvalue weighted by Gasteiger charge is 2.35. The molecule has 0 bridgehead atoms. The van der Waals surface area contributed by atoms with Crippen molar-refractivity contribution in [1.82, 2.24) is 14.4 Å². The molecule has 1 aromatic heterocycles. The minimum Gasteiger partial charge on any atom is -0.355 e. The van der Waals surface area contributed by atoms with Crippen molar-refractivity contribution in [2.75, 3.05) is 31.1 Å². The van der Waals surface area contributed by atoms with Crippen LogP contribution in [0.4, 0.5) is 5.82 Å². The largest absolute Gasteiger partial charge is 0.355 e. The van der Waals surface area contributed by atoms with Gasteiger partial charge in [0.15, 0.2) is 0 Å². The van der Waals surface area contributed by atoms with E-state index >= 15 is 0 Å². The van der Waals surface area contributed by atoms with Crippen LogP contribution in [-0.4, -0.2) is 56.8 Å². The summed E-state index contributed by atoms with van der Waals surface area (Å²) in [6, 6.07) is 12.5. The van der Waals surface area contributed by atoms with Crippen molar-refractivity contribution in [3.05, 3.63) is 67.8 Å². The molecule has 2 saturated heterocycles. The lowest BCUT2D eigenvalue weighted by atomic mass is 10.0. The first-order valence-corrected chi connectivity index (χ1v) is 13.4. The Labute approximate surface area is 222 Å². The molecule has 1 aromatic carbocycles. The number of anilines is 1. The Morgan fingerprint density at radius 2 is 1.81 bits per heavy atom. The van der Waals surface area contributed by atoms with E-state index in [1.165, 1.54) is 17.3 Å². The summed E-state index contributed by atoms with van der Waals surface area (Å²) in [5.74, 6) is 0.638. The van der Waals surface area contributed by atoms with Gasteiger partial charge in [-0.3, -0.25) is 24.0 Å². The summed E-state index contributed by atoms with van der Waals surface area (Å²) in [5, 5.41) is 9.78. The standard InChI is InChI=1S/C27H31N5O2S2/c1-5-31-24(30-13-11-29(12-14-30)17-20-9-7-6-8-10-20)21(19(4)22(16-28)25(31)33)15-23-26(34)32(18(2)3)27(35)36-23/h6-10,15,18H,5,11-14,17H2,1-4H3. The number of aromatic nitrogens is 1. The Morgan fingerprint density at radius 1 is 1.14 bits per heavy atom. The van der Waals surface area contributed by atoms with E-state index in [0.29, 0.717) is 21.3 Å². The molecule has 0 radical (unpaired) electrons. The second-order valence-corrected chi connectivity index (χ2v) is 11.0. The minimum absolute atomic E-state index is 0.0408. The molecule has 9 heteroatoms. The highest BCUT2D eigenvalue weighted by atomic mass is 32.2. The molecule has 2 fully saturated rings. The zero-order valence-electron chi connectivity index (χ0n) is 21.2. The Bertz CT molecular complexity index is 1300. The van der Waals surface area contributed by atoms with Gasteiger partial charge >= 0.3 is 0 Å². The van der Waals surface area contributed by atoms with Crippen molar-refractivity contribution in [3.8, 4) is 6.07 Å². The van der Waals surface area contributed by atoms with Crippen molar-refractivity contribution in [3.63, 3.8) is 0 Å². The normalized spacial score (nSPS) is 17.9. The summed E-state index contributed by atoms with van der Waals surface area (Å²) in [4.78, 5) is 33.2. The van der Waals surface area contributed by atoms with Gasteiger partial charge in [0.05, 0.1) is 4.91 Å². The molecule has 2 aliphatic heterocycles. The van der Waals surface area contributed by atoms with Crippen LogP contribution in [0.25, 0.3) is 6.08 Å². The van der Waals surface area contributed by atoms with E-state index in [0.717, 1.165) is 44.1 Å². The SMILES string of the molecule is CCn1c(N2CCN(Cc3ccccc3)CC2)c(C=C2SC(=S)N(C(C)C)C2=O)c(C)c(C#N)c1=O. The first-order valence-electron chi connectivity index (χ1n) is 12.2. The number of nitriles is 1. The lowest BCUT2D eigenvalue weighted by molar-refractivity contribution is -0.123. The topological polar surface area (TPSA) is 72.6 Å². The van der Waals surface area contributed by atoms with Crippen LogP contribution in [0.2, 0.25) is 0 Å². The van der Waals surface area contributed by atoms with Crippen LogP contribution in [0.15, 0.2) is 40.0 Å². The minimum atomic E-state index is -0.286. The number of amides is 1. The molecule has 2 aliphatic rings. The lowest BCUT2D eigenvalue weighted by Gasteiger charge is -2.38. The molecule has 2 aromatic rings. The number of hydrogen-bond acceptors (Lipinski definition) is 7. The van der Waals surface area contributed by atoms with Crippen molar-refractivity contribution in [1.29, 1.82) is 5.26 Å². The van der Waals surface area contributed by atoms with Gasteiger partial charge in [-0.25, -0.2) is 0 Å². The van der Waals surface area contributed by atoms with Gasteiger partial charge in [-0.1, -0.05) is 54.3 Å². The number of hydrogen-bond donors (Lipinski definition) is 0. The fourth-order valence-corrected chi connectivity index (χ4v) is 6.30. The van der Waals surface area contributed by atoms with E-state index in [-0.39, 0.29) is 23.1 Å². The molecule has 4 rings (SSSR count). The molecule has 0 atom stereocenters. The third kappa shape index (κ3) is 4.99. The Hall–Kier alpha value is -2.93. The second-order valence-electron chi connectivity index (χ2n) is 9.29. The number of pyridine rings is 1. The van der Waals surface area contributed by atoms with Crippen molar-refractivity contribution in [2.24, 2.45) is 0 Å². The number of thioether (sulfide) groups is 1. The fraction of sp³-hybridized carbons (Fsp3) is 0.407. The van der Waals surface area contributed by atoms with E-state index in [4.69, 9.17) is 12.2 Å². The first kappa shape index (κ1) is 26.1. The zero-order chi connectivity index (χ0) is 26.0. The van der Waals surface area contributed by atoms with Crippen LogP contribution in [0.3, 0.4) is 0 Å². The number of benzene rings is 1. The quantitative estimate of drug-likeness (QED) is 0.421. The summed E-state index contributed by atoms with van der Waals surface area (Å²) in [6.07, 6.45) is 1.83. The summed E-state index contributed by atoms with van der Waals surface area (Å²) >= 11 is 6.74. The molecular formula is C27H31N5O2S2. The van der Waals surface area contributed by atoms with Crippen molar-refractivity contribution < 1.29 is 4.79 Å². The average Bonchev–Trinajstić information content (AvgIpc) is 3.14. The van der Waals surface area contributed by atoms with Gasteiger partial charge in [0.2, 0.25) is 0 Å². The molecular weight excluding hydrogens is 490 g/mol. The number of thiocarbonyl (C=S) groups is 1. The van der Waals surface area contributed by atoms with Crippen molar-refractivity contribution >= 4 is 46.1 Å². The maximum absolute atomic E-state index is 13.2. The molecule has 36 heavy (non-hydrogen) atoms. The number of carbonyl (C=O) groups is 1. The average molecular weight is 522 g/mol. The zero-order valence-corrected chi connectivity index (χ0v) is 22.8. The Kier molecular flexibility index (Phi) is 7.98. The highest BCUT2D eigenvalue weighted by Crippen LogP contribution is 2.37. The van der Waals surface area contributed by atoms with Gasteiger partial charge in [0, 0.05) is 50.9 Å². The van der Waals surface area contributed by atoms with Gasteiger partial charge < -0.3 is 4.90 Å². The van der Waals surface area contributed by atoms with E-state index < -0.39 is 0 Å². The van der Waals surface area contributed by atoms with Crippen LogP contribution in [-0.2, 0) is 17.9 Å². The molecule has 7 nitrogen and oxygen atoms in total. The third-order valence-corrected chi connectivity index (χ3v) is 8.03. The monoisotopic (exact) mass is 521 g/mol. The summed E-state index contributed by atoms with van der Waals surface area (Å²) < 4.78 is 2.20. The number of nitrogens with zero attached hydrogens (tertiary/aromatic N) is 5. The Morgan fingerprint density at radius 3 is 2.36 bits per heavy atom. The number of carbonyl (C=O) groups excluding carboxylic acids is 1. The van der Waals surface area contributed by atoms with Crippen LogP contribution in [0, 0.1) is 18.3 Å². The van der Waals surface area contributed by atoms with Gasteiger partial charge in [0.1, 0.15) is 21.8 Å². The Balaban J connectivity index is 1.73. The highest BCUT2D eigenvalue weighted by molar-refractivity contribution is 8.26. The predicted octanol–water partition coefficient (Wildman–Crippen LogP) is 3.98. The van der Waals surface area contributed by atoms with Crippen LogP contribution in [0.1, 0.15) is 43.0 Å². The smallest absolute Gasteiger partial charge is 0.270 e. The second kappa shape index (κ2) is 11.0. The maximum Gasteiger partial charge on any atom is 0.270 e. The molecule has 1 amide bonds. The van der Waals surface area contributed by atoms with Crippen LogP contribution >= 0.6 is 24.0 Å². The summed E-state index contributed by atoms with van der Waals surface area (Å²) in [5.41, 5.74) is 2.45. The molecule has 0 saturated carbocycles. The summed E-state index contributed by atoms with van der Waals surface area (Å²) in [7, 11) is 0. The third-order valence-electron chi connectivity index (χ3n) is 6.70. The predicted molar refractivity (Wildman–Crippen MR) is 150 cm³/mol. The van der Waals surface area contributed by atoms with E-state index in [2.05, 4.69) is 40.1 Å². The molecule has 0 spiro atoms. The van der Waals surface area contributed by atoms with E-state index in [9.17, 15) is 14.9 Å². The van der Waals surface area contributed by atoms with Gasteiger partial charge in [-0.2, -0.15) is 5.26 Å². The number of rotatable bonds is 6. The molecule has 0 aliphatic carbocycles. The fourth-order valence-electron chi connectivity index (χ4n) is 4.79. The van der Waals surface area contributed by atoms with Crippen molar-refractivity contribution in [2.45, 2.75) is 46.8 Å². The molecule has 3 heterocycles. The lowest BCUT2D eigenvalue weighted by Crippen LogP contribution is -2.48. The molecule has 0 unspecified atom stereocenters. The van der Waals surface area contributed by atoms with Gasteiger partial charge in [-0.15, -0.1) is 0 Å². The van der Waals surface area contributed by atoms with E-state index in [1.807, 2.05) is 32.9 Å². The van der Waals surface area contributed by atoms with Crippen LogP contribution < -0.4 is 10.5 Å². The van der Waals surface area contributed by atoms with Crippen LogP contribution in [0.5, 0.6) is 0 Å². The number of piperazine rings is 1. The molecule has 0 N–H and O–H groups in total. The van der Waals surface area contributed by atoms with E-state index in [1.54, 1.807) is 16.4 Å².